The molecular weight excluding hydrogens is 332 g/mol. The van der Waals surface area contributed by atoms with Gasteiger partial charge in [-0.2, -0.15) is 5.10 Å². The lowest BCUT2D eigenvalue weighted by molar-refractivity contribution is 0.0935. The van der Waals surface area contributed by atoms with Crippen LogP contribution in [0.15, 0.2) is 28.7 Å². The van der Waals surface area contributed by atoms with Gasteiger partial charge in [-0.3, -0.25) is 9.89 Å². The summed E-state index contributed by atoms with van der Waals surface area (Å²) in [5, 5.41) is 9.77. The normalized spacial score (nSPS) is 12.4. The van der Waals surface area contributed by atoms with E-state index >= 15 is 0 Å². The Hall–Kier alpha value is -1.82. The van der Waals surface area contributed by atoms with Gasteiger partial charge in [0, 0.05) is 4.47 Å². The molecule has 4 N–H and O–H groups in total. The molecule has 0 aliphatic carbocycles. The smallest absolute Gasteiger partial charge is 0.274 e. The summed E-state index contributed by atoms with van der Waals surface area (Å²) in [5.41, 5.74) is 8.45. The van der Waals surface area contributed by atoms with Crippen LogP contribution in [-0.2, 0) is 0 Å². The van der Waals surface area contributed by atoms with Crippen LogP contribution in [0.1, 0.15) is 54.5 Å². The lowest BCUT2D eigenvalue weighted by Crippen LogP contribution is -2.27. The van der Waals surface area contributed by atoms with E-state index in [1.54, 1.807) is 0 Å². The van der Waals surface area contributed by atoms with Crippen molar-refractivity contribution in [2.45, 2.75) is 32.7 Å². The zero-order chi connectivity index (χ0) is 15.6. The first-order valence-corrected chi connectivity index (χ1v) is 7.59. The lowest BCUT2D eigenvalue weighted by Gasteiger charge is -2.14. The number of H-pyrrole nitrogens is 1. The number of nitrogens with one attached hydrogen (secondary N) is 2. The first kappa shape index (κ1) is 15.6. The number of hydrogen-bond acceptors (Lipinski definition) is 3. The van der Waals surface area contributed by atoms with Crippen molar-refractivity contribution in [1.82, 2.24) is 15.5 Å². The van der Waals surface area contributed by atoms with E-state index in [0.29, 0.717) is 5.69 Å². The third-order valence-electron chi connectivity index (χ3n) is 3.32. The number of nitrogens with two attached hydrogens (primary N) is 1. The number of rotatable bonds is 4. The molecule has 1 unspecified atom stereocenters. The fraction of sp³-hybridized carbons (Fsp3) is 0.333. The van der Waals surface area contributed by atoms with E-state index in [1.165, 1.54) is 0 Å². The predicted octanol–water partition coefficient (Wildman–Crippen LogP) is 3.37. The molecule has 21 heavy (non-hydrogen) atoms. The minimum Gasteiger partial charge on any atom is -0.395 e. The molecule has 6 heteroatoms. The first-order chi connectivity index (χ1) is 9.90. The van der Waals surface area contributed by atoms with Crippen molar-refractivity contribution < 1.29 is 4.79 Å². The number of anilines is 1. The fourth-order valence-electron chi connectivity index (χ4n) is 2.10. The summed E-state index contributed by atoms with van der Waals surface area (Å²) in [7, 11) is 0. The van der Waals surface area contributed by atoms with E-state index in [0.717, 1.165) is 15.7 Å². The highest BCUT2D eigenvalue weighted by atomic mass is 79.9. The maximum absolute atomic E-state index is 12.3. The van der Waals surface area contributed by atoms with Crippen LogP contribution < -0.4 is 11.1 Å². The highest BCUT2D eigenvalue weighted by Gasteiger charge is 2.20. The Kier molecular flexibility index (Phi) is 4.67. The lowest BCUT2D eigenvalue weighted by atomic mass is 10.1. The molecule has 0 saturated heterocycles. The number of hydrogen-bond donors (Lipinski definition) is 3. The van der Waals surface area contributed by atoms with Crippen molar-refractivity contribution in [2.75, 3.05) is 5.73 Å². The Morgan fingerprint density at radius 1 is 1.38 bits per heavy atom. The minimum atomic E-state index is -0.275. The molecule has 1 atom stereocenters. The van der Waals surface area contributed by atoms with Gasteiger partial charge >= 0.3 is 0 Å². The quantitative estimate of drug-likeness (QED) is 0.790. The van der Waals surface area contributed by atoms with Gasteiger partial charge in [0.25, 0.3) is 5.91 Å². The zero-order valence-corrected chi connectivity index (χ0v) is 13.9. The number of benzene rings is 1. The predicted molar refractivity (Wildman–Crippen MR) is 87.1 cm³/mol. The molecule has 0 fully saturated rings. The Balaban J connectivity index is 2.15. The van der Waals surface area contributed by atoms with Crippen molar-refractivity contribution in [3.05, 3.63) is 45.7 Å². The number of aromatic nitrogens is 2. The molecule has 2 rings (SSSR count). The summed E-state index contributed by atoms with van der Waals surface area (Å²) < 4.78 is 0.975. The maximum Gasteiger partial charge on any atom is 0.274 e. The monoisotopic (exact) mass is 350 g/mol. The molecule has 0 saturated carbocycles. The summed E-state index contributed by atoms with van der Waals surface area (Å²) in [6.07, 6.45) is 0. The van der Waals surface area contributed by atoms with Crippen molar-refractivity contribution in [3.8, 4) is 0 Å². The number of halogens is 1. The third-order valence-corrected chi connectivity index (χ3v) is 3.82. The van der Waals surface area contributed by atoms with E-state index in [-0.39, 0.29) is 23.6 Å². The van der Waals surface area contributed by atoms with Gasteiger partial charge in [-0.1, -0.05) is 41.9 Å². The van der Waals surface area contributed by atoms with Gasteiger partial charge in [0.15, 0.2) is 5.69 Å². The second-order valence-electron chi connectivity index (χ2n) is 5.30. The van der Waals surface area contributed by atoms with Gasteiger partial charge in [0.2, 0.25) is 0 Å². The number of carbonyl (C=O) groups is 1. The van der Waals surface area contributed by atoms with Gasteiger partial charge in [-0.05, 0) is 30.5 Å². The van der Waals surface area contributed by atoms with E-state index < -0.39 is 0 Å². The average Bonchev–Trinajstić information content (AvgIpc) is 2.80. The molecule has 5 nitrogen and oxygen atoms in total. The van der Waals surface area contributed by atoms with Gasteiger partial charge in [-0.25, -0.2) is 0 Å². The largest absolute Gasteiger partial charge is 0.395 e. The molecule has 1 amide bonds. The van der Waals surface area contributed by atoms with Gasteiger partial charge < -0.3 is 11.1 Å². The number of amides is 1. The topological polar surface area (TPSA) is 83.8 Å². The molecule has 112 valence electrons. The molecule has 1 aromatic carbocycles. The van der Waals surface area contributed by atoms with Gasteiger partial charge in [-0.15, -0.1) is 0 Å². The molecule has 2 aromatic rings. The molecule has 0 spiro atoms. The van der Waals surface area contributed by atoms with E-state index in [1.807, 2.05) is 45.0 Å². The Bertz CT molecular complexity index is 651. The number of aromatic amines is 1. The van der Waals surface area contributed by atoms with Crippen LogP contribution in [0.2, 0.25) is 0 Å². The van der Waals surface area contributed by atoms with E-state index in [2.05, 4.69) is 31.4 Å². The van der Waals surface area contributed by atoms with Crippen LogP contribution in [0.25, 0.3) is 0 Å². The van der Waals surface area contributed by atoms with Crippen molar-refractivity contribution >= 4 is 27.5 Å². The fourth-order valence-corrected chi connectivity index (χ4v) is 2.52. The third kappa shape index (κ3) is 3.44. The molecule has 1 heterocycles. The molecule has 0 radical (unpaired) electrons. The van der Waals surface area contributed by atoms with Crippen LogP contribution in [0.4, 0.5) is 5.69 Å². The van der Waals surface area contributed by atoms with Crippen LogP contribution in [0.5, 0.6) is 0 Å². The van der Waals surface area contributed by atoms with Crippen LogP contribution in [-0.4, -0.2) is 16.1 Å². The standard InChI is InChI=1S/C15H19BrN4O/c1-8(2)13-12(17)14(20-19-13)15(21)18-9(3)10-5-4-6-11(16)7-10/h4-9H,17H2,1-3H3,(H,18,21)(H,19,20). The van der Waals surface area contributed by atoms with Crippen molar-refractivity contribution in [3.63, 3.8) is 0 Å². The summed E-state index contributed by atoms with van der Waals surface area (Å²) in [6.45, 7) is 5.91. The maximum atomic E-state index is 12.3. The molecule has 0 aliphatic rings. The highest BCUT2D eigenvalue weighted by Crippen LogP contribution is 2.23. The van der Waals surface area contributed by atoms with Crippen LogP contribution in [0, 0.1) is 0 Å². The summed E-state index contributed by atoms with van der Waals surface area (Å²) in [6, 6.07) is 7.68. The van der Waals surface area contributed by atoms with Gasteiger partial charge in [0.05, 0.1) is 17.4 Å². The minimum absolute atomic E-state index is 0.131. The summed E-state index contributed by atoms with van der Waals surface area (Å²) in [5.74, 6) is -0.0790. The van der Waals surface area contributed by atoms with Gasteiger partial charge in [0.1, 0.15) is 0 Å². The molecule has 1 aromatic heterocycles. The Morgan fingerprint density at radius 2 is 2.10 bits per heavy atom. The Labute approximate surface area is 132 Å². The second-order valence-corrected chi connectivity index (χ2v) is 6.22. The van der Waals surface area contributed by atoms with Crippen molar-refractivity contribution in [1.29, 1.82) is 0 Å². The average molecular weight is 351 g/mol. The number of nitrogen functional groups attached to an aromatic ring is 1. The number of nitrogens with zero attached hydrogens (tertiary/aromatic N) is 1. The van der Waals surface area contributed by atoms with E-state index in [4.69, 9.17) is 5.73 Å². The van der Waals surface area contributed by atoms with E-state index in [9.17, 15) is 4.79 Å². The second kappa shape index (κ2) is 6.30. The van der Waals surface area contributed by atoms with Crippen LogP contribution >= 0.6 is 15.9 Å². The summed E-state index contributed by atoms with van der Waals surface area (Å²) >= 11 is 3.42. The zero-order valence-electron chi connectivity index (χ0n) is 12.3. The molecule has 0 bridgehead atoms. The molecule has 0 aliphatic heterocycles. The molecular formula is C15H19BrN4O. The highest BCUT2D eigenvalue weighted by molar-refractivity contribution is 9.10. The summed E-state index contributed by atoms with van der Waals surface area (Å²) in [4.78, 5) is 12.3. The van der Waals surface area contributed by atoms with Crippen molar-refractivity contribution in [2.24, 2.45) is 0 Å². The number of carbonyl (C=O) groups excluding carboxylic acids is 1. The first-order valence-electron chi connectivity index (χ1n) is 6.80. The van der Waals surface area contributed by atoms with Crippen LogP contribution in [0.3, 0.4) is 0 Å². The SMILES string of the molecule is CC(C)c1[nH]nc(C(=O)NC(C)c2cccc(Br)c2)c1N. The Morgan fingerprint density at radius 3 is 2.67 bits per heavy atom.